The molecule has 0 radical (unpaired) electrons. The second kappa shape index (κ2) is 8.93. The Hall–Kier alpha value is -1.50. The molecule has 0 N–H and O–H groups in total. The van der Waals surface area contributed by atoms with Crippen molar-refractivity contribution in [3.8, 4) is 0 Å². The average molecular weight is 417 g/mol. The van der Waals surface area contributed by atoms with E-state index in [9.17, 15) is 9.18 Å². The molecular formula is C24H33FN2O3. The molecule has 0 spiro atoms. The highest BCUT2D eigenvalue weighted by molar-refractivity contribution is 5.78. The van der Waals surface area contributed by atoms with Crippen LogP contribution in [0.3, 0.4) is 0 Å². The number of carbonyl (C=O) groups is 1. The van der Waals surface area contributed by atoms with Gasteiger partial charge in [-0.3, -0.25) is 4.79 Å². The lowest BCUT2D eigenvalue weighted by Gasteiger charge is -2.57. The second-order valence-corrected chi connectivity index (χ2v) is 9.65. The number of amides is 1. The van der Waals surface area contributed by atoms with E-state index in [1.807, 2.05) is 6.07 Å². The zero-order valence-corrected chi connectivity index (χ0v) is 17.7. The lowest BCUT2D eigenvalue weighted by molar-refractivity contribution is -0.153. The Labute approximate surface area is 178 Å². The molecular weight excluding hydrogens is 383 g/mol. The molecule has 4 aliphatic rings. The van der Waals surface area contributed by atoms with Gasteiger partial charge in [-0.05, 0) is 55.2 Å². The summed E-state index contributed by atoms with van der Waals surface area (Å²) in [5.41, 5.74) is 0.998. The maximum atomic E-state index is 13.8. The van der Waals surface area contributed by atoms with Gasteiger partial charge in [0.25, 0.3) is 0 Å². The van der Waals surface area contributed by atoms with Crippen LogP contribution < -0.4 is 0 Å². The average Bonchev–Trinajstić information content (AvgIpc) is 3.00. The summed E-state index contributed by atoms with van der Waals surface area (Å²) in [5, 5.41) is 0. The third kappa shape index (κ3) is 4.27. The fraction of sp³-hybridized carbons (Fsp3) is 0.708. The quantitative estimate of drug-likeness (QED) is 0.757. The molecule has 4 fully saturated rings. The van der Waals surface area contributed by atoms with Crippen LogP contribution in [0.1, 0.15) is 31.2 Å². The minimum atomic E-state index is -0.193. The SMILES string of the molecule is O=C1CCC[C@H]2[C@@H]3C[C@@H](CN(CC4COCCOC4)C3)[C@H](Cc3cccc(F)c3)N12. The van der Waals surface area contributed by atoms with Gasteiger partial charge in [0.2, 0.25) is 5.91 Å². The Kier molecular flexibility index (Phi) is 6.07. The number of rotatable bonds is 4. The number of benzene rings is 1. The number of fused-ring (bicyclic) bond motifs is 4. The van der Waals surface area contributed by atoms with Crippen LogP contribution >= 0.6 is 0 Å². The van der Waals surface area contributed by atoms with E-state index in [1.54, 1.807) is 12.1 Å². The molecule has 4 atom stereocenters. The molecule has 6 heteroatoms. The van der Waals surface area contributed by atoms with Crippen LogP contribution in [0.4, 0.5) is 4.39 Å². The summed E-state index contributed by atoms with van der Waals surface area (Å²) < 4.78 is 25.3. The van der Waals surface area contributed by atoms with Crippen LogP contribution in [0.5, 0.6) is 0 Å². The molecule has 4 aliphatic heterocycles. The molecule has 1 aromatic carbocycles. The summed E-state index contributed by atoms with van der Waals surface area (Å²) in [5.74, 6) is 1.52. The first-order valence-electron chi connectivity index (χ1n) is 11.6. The van der Waals surface area contributed by atoms with Gasteiger partial charge in [0.05, 0.1) is 26.4 Å². The fourth-order valence-electron chi connectivity index (χ4n) is 6.33. The Bertz CT molecular complexity index is 752. The molecule has 30 heavy (non-hydrogen) atoms. The minimum Gasteiger partial charge on any atom is -0.379 e. The van der Waals surface area contributed by atoms with Gasteiger partial charge in [0, 0.05) is 44.1 Å². The molecule has 0 saturated carbocycles. The topological polar surface area (TPSA) is 42.0 Å². The van der Waals surface area contributed by atoms with Crippen molar-refractivity contribution >= 4 is 5.91 Å². The highest BCUT2D eigenvalue weighted by Crippen LogP contribution is 2.42. The molecule has 0 aliphatic carbocycles. The van der Waals surface area contributed by atoms with Crippen LogP contribution in [0.25, 0.3) is 0 Å². The van der Waals surface area contributed by atoms with Gasteiger partial charge in [0.15, 0.2) is 0 Å². The number of piperidine rings is 3. The zero-order valence-electron chi connectivity index (χ0n) is 17.7. The van der Waals surface area contributed by atoms with E-state index in [4.69, 9.17) is 9.47 Å². The maximum Gasteiger partial charge on any atom is 0.223 e. The molecule has 5 rings (SSSR count). The summed E-state index contributed by atoms with van der Waals surface area (Å²) in [6, 6.07) is 7.42. The predicted octanol–water partition coefficient (Wildman–Crippen LogP) is 2.73. The van der Waals surface area contributed by atoms with Gasteiger partial charge in [-0.25, -0.2) is 4.39 Å². The number of hydrogen-bond donors (Lipinski definition) is 0. The molecule has 164 valence electrons. The highest BCUT2D eigenvalue weighted by Gasteiger charge is 2.49. The monoisotopic (exact) mass is 416 g/mol. The zero-order chi connectivity index (χ0) is 20.5. The third-order valence-electron chi connectivity index (χ3n) is 7.50. The fourth-order valence-corrected chi connectivity index (χ4v) is 6.33. The first kappa shape index (κ1) is 20.4. The summed E-state index contributed by atoms with van der Waals surface area (Å²) in [7, 11) is 0. The van der Waals surface area contributed by atoms with Gasteiger partial charge in [-0.2, -0.15) is 0 Å². The number of carbonyl (C=O) groups excluding carboxylic acids is 1. The summed E-state index contributed by atoms with van der Waals surface area (Å²) >= 11 is 0. The summed E-state index contributed by atoms with van der Waals surface area (Å²) in [4.78, 5) is 17.8. The number of halogens is 1. The van der Waals surface area contributed by atoms with E-state index in [-0.39, 0.29) is 11.9 Å². The van der Waals surface area contributed by atoms with E-state index < -0.39 is 0 Å². The van der Waals surface area contributed by atoms with Gasteiger partial charge in [-0.1, -0.05) is 12.1 Å². The smallest absolute Gasteiger partial charge is 0.223 e. The van der Waals surface area contributed by atoms with E-state index in [0.29, 0.717) is 49.3 Å². The van der Waals surface area contributed by atoms with Crippen molar-refractivity contribution < 1.29 is 18.7 Å². The Morgan fingerprint density at radius 3 is 2.70 bits per heavy atom. The third-order valence-corrected chi connectivity index (χ3v) is 7.50. The molecule has 4 saturated heterocycles. The van der Waals surface area contributed by atoms with Gasteiger partial charge in [-0.15, -0.1) is 0 Å². The van der Waals surface area contributed by atoms with Crippen molar-refractivity contribution in [3.63, 3.8) is 0 Å². The van der Waals surface area contributed by atoms with Crippen LogP contribution in [0, 0.1) is 23.6 Å². The second-order valence-electron chi connectivity index (χ2n) is 9.65. The van der Waals surface area contributed by atoms with E-state index in [0.717, 1.165) is 57.7 Å². The Balaban J connectivity index is 1.35. The molecule has 0 aromatic heterocycles. The molecule has 4 heterocycles. The predicted molar refractivity (Wildman–Crippen MR) is 112 cm³/mol. The number of likely N-dealkylation sites (tertiary alicyclic amines) is 1. The largest absolute Gasteiger partial charge is 0.379 e. The molecule has 1 aromatic rings. The first-order valence-corrected chi connectivity index (χ1v) is 11.6. The molecule has 2 bridgehead atoms. The lowest BCUT2D eigenvalue weighted by Crippen LogP contribution is -2.65. The van der Waals surface area contributed by atoms with Crippen molar-refractivity contribution in [2.75, 3.05) is 46.1 Å². The molecule has 5 nitrogen and oxygen atoms in total. The normalized spacial score (nSPS) is 33.2. The summed E-state index contributed by atoms with van der Waals surface area (Å²) in [6.07, 6.45) is 4.70. The van der Waals surface area contributed by atoms with E-state index in [1.165, 1.54) is 12.5 Å². The summed E-state index contributed by atoms with van der Waals surface area (Å²) in [6.45, 7) is 5.99. The van der Waals surface area contributed by atoms with Crippen molar-refractivity contribution in [1.29, 1.82) is 0 Å². The number of hydrogen-bond acceptors (Lipinski definition) is 4. The van der Waals surface area contributed by atoms with Crippen molar-refractivity contribution in [2.24, 2.45) is 17.8 Å². The lowest BCUT2D eigenvalue weighted by atomic mass is 9.70. The minimum absolute atomic E-state index is 0.172. The van der Waals surface area contributed by atoms with Crippen LogP contribution in [-0.2, 0) is 20.7 Å². The highest BCUT2D eigenvalue weighted by atomic mass is 19.1. The Morgan fingerprint density at radius 2 is 1.90 bits per heavy atom. The van der Waals surface area contributed by atoms with Gasteiger partial charge < -0.3 is 19.3 Å². The van der Waals surface area contributed by atoms with Crippen LogP contribution in [0.15, 0.2) is 24.3 Å². The van der Waals surface area contributed by atoms with Crippen LogP contribution in [-0.4, -0.2) is 73.9 Å². The first-order chi connectivity index (χ1) is 14.7. The number of nitrogens with zero attached hydrogens (tertiary/aromatic N) is 2. The standard InChI is InChI=1S/C24H33FN2O3/c25-21-4-1-3-17(9-21)10-23-20-11-19(22-5-2-6-24(28)27(22)23)13-26(14-20)12-18-15-29-7-8-30-16-18/h1,3-4,9,18-20,22-23H,2,5-8,10-16H2/t19-,20+,22+,23+/m1/s1. The Morgan fingerprint density at radius 1 is 1.10 bits per heavy atom. The van der Waals surface area contributed by atoms with Crippen molar-refractivity contribution in [2.45, 2.75) is 44.2 Å². The van der Waals surface area contributed by atoms with Crippen LogP contribution in [0.2, 0.25) is 0 Å². The van der Waals surface area contributed by atoms with Gasteiger partial charge >= 0.3 is 0 Å². The van der Waals surface area contributed by atoms with Crippen molar-refractivity contribution in [3.05, 3.63) is 35.6 Å². The molecule has 0 unspecified atom stereocenters. The van der Waals surface area contributed by atoms with E-state index >= 15 is 0 Å². The number of ether oxygens (including phenoxy) is 2. The van der Waals surface area contributed by atoms with Crippen molar-refractivity contribution in [1.82, 2.24) is 9.80 Å². The maximum absolute atomic E-state index is 13.8. The van der Waals surface area contributed by atoms with Gasteiger partial charge in [0.1, 0.15) is 5.82 Å². The van der Waals surface area contributed by atoms with E-state index in [2.05, 4.69) is 9.80 Å². The molecule has 1 amide bonds.